The summed E-state index contributed by atoms with van der Waals surface area (Å²) in [6, 6.07) is 4.22. The third kappa shape index (κ3) is 3.69. The molecule has 2 rings (SSSR count). The van der Waals surface area contributed by atoms with Crippen molar-refractivity contribution in [2.75, 3.05) is 25.1 Å². The Morgan fingerprint density at radius 3 is 3.00 bits per heavy atom. The predicted molar refractivity (Wildman–Crippen MR) is 76.4 cm³/mol. The summed E-state index contributed by atoms with van der Waals surface area (Å²) < 4.78 is 18.7. The second-order valence-corrected chi connectivity index (χ2v) is 5.23. The monoisotopic (exact) mass is 300 g/mol. The topological polar surface area (TPSA) is 50.4 Å². The molecule has 2 atom stereocenters. The molecule has 110 valence electrons. The average Bonchev–Trinajstić information content (AvgIpc) is 2.89. The summed E-state index contributed by atoms with van der Waals surface area (Å²) in [6.07, 6.45) is 0.993. The summed E-state index contributed by atoms with van der Waals surface area (Å²) in [4.78, 5) is 12.2. The molecule has 0 aromatic heterocycles. The zero-order valence-electron chi connectivity index (χ0n) is 11.3. The standard InChI is InChI=1S/C14H18ClFN2O2/c1-2-5-17-13-8-20-7-10(13)14(19)18-9-3-4-11(15)12(16)6-9/h3-4,6,10,13,17H,2,5,7-8H2,1H3,(H,18,19). The van der Waals surface area contributed by atoms with Crippen LogP contribution in [-0.2, 0) is 9.53 Å². The summed E-state index contributed by atoms with van der Waals surface area (Å²) >= 11 is 5.61. The quantitative estimate of drug-likeness (QED) is 0.878. The van der Waals surface area contributed by atoms with Gasteiger partial charge < -0.3 is 15.4 Å². The molecule has 1 amide bonds. The van der Waals surface area contributed by atoms with Gasteiger partial charge in [-0.25, -0.2) is 4.39 Å². The van der Waals surface area contributed by atoms with Crippen LogP contribution >= 0.6 is 11.6 Å². The summed E-state index contributed by atoms with van der Waals surface area (Å²) in [5, 5.41) is 6.03. The van der Waals surface area contributed by atoms with Crippen molar-refractivity contribution in [3.63, 3.8) is 0 Å². The van der Waals surface area contributed by atoms with E-state index in [1.54, 1.807) is 6.07 Å². The van der Waals surface area contributed by atoms with Crippen LogP contribution in [0.25, 0.3) is 0 Å². The lowest BCUT2D eigenvalue weighted by Gasteiger charge is -2.18. The molecule has 4 nitrogen and oxygen atoms in total. The summed E-state index contributed by atoms with van der Waals surface area (Å²) in [5.74, 6) is -0.981. The summed E-state index contributed by atoms with van der Waals surface area (Å²) in [6.45, 7) is 3.80. The molecule has 0 radical (unpaired) electrons. The lowest BCUT2D eigenvalue weighted by atomic mass is 10.0. The number of benzene rings is 1. The van der Waals surface area contributed by atoms with Crippen LogP contribution in [0.2, 0.25) is 5.02 Å². The van der Waals surface area contributed by atoms with Gasteiger partial charge in [0.25, 0.3) is 0 Å². The van der Waals surface area contributed by atoms with Crippen molar-refractivity contribution in [3.05, 3.63) is 29.0 Å². The second kappa shape index (κ2) is 7.02. The van der Waals surface area contributed by atoms with Crippen LogP contribution in [0.4, 0.5) is 10.1 Å². The molecule has 1 fully saturated rings. The Morgan fingerprint density at radius 1 is 1.50 bits per heavy atom. The van der Waals surface area contributed by atoms with Gasteiger partial charge in [0.2, 0.25) is 5.91 Å². The first-order valence-corrected chi connectivity index (χ1v) is 7.06. The van der Waals surface area contributed by atoms with E-state index in [2.05, 4.69) is 17.6 Å². The number of carbonyl (C=O) groups excluding carboxylic acids is 1. The molecule has 1 aliphatic rings. The summed E-state index contributed by atoms with van der Waals surface area (Å²) in [7, 11) is 0. The second-order valence-electron chi connectivity index (χ2n) is 4.82. The van der Waals surface area contributed by atoms with Crippen LogP contribution < -0.4 is 10.6 Å². The highest BCUT2D eigenvalue weighted by Gasteiger charge is 2.33. The van der Waals surface area contributed by atoms with Crippen molar-refractivity contribution in [1.82, 2.24) is 5.32 Å². The maximum atomic E-state index is 13.3. The van der Waals surface area contributed by atoms with E-state index in [1.807, 2.05) is 0 Å². The first kappa shape index (κ1) is 15.2. The molecule has 0 saturated carbocycles. The van der Waals surface area contributed by atoms with E-state index in [0.717, 1.165) is 13.0 Å². The van der Waals surface area contributed by atoms with E-state index in [-0.39, 0.29) is 22.9 Å². The van der Waals surface area contributed by atoms with Gasteiger partial charge in [-0.1, -0.05) is 18.5 Å². The number of rotatable bonds is 5. The molecular formula is C14H18ClFN2O2. The van der Waals surface area contributed by atoms with Crippen LogP contribution in [0, 0.1) is 11.7 Å². The van der Waals surface area contributed by atoms with Gasteiger partial charge in [0.1, 0.15) is 5.82 Å². The van der Waals surface area contributed by atoms with Crippen molar-refractivity contribution < 1.29 is 13.9 Å². The van der Waals surface area contributed by atoms with Crippen molar-refractivity contribution in [2.45, 2.75) is 19.4 Å². The molecule has 20 heavy (non-hydrogen) atoms. The molecule has 6 heteroatoms. The van der Waals surface area contributed by atoms with Gasteiger partial charge in [-0.05, 0) is 31.2 Å². The minimum Gasteiger partial charge on any atom is -0.379 e. The molecule has 2 N–H and O–H groups in total. The van der Waals surface area contributed by atoms with Gasteiger partial charge in [0, 0.05) is 11.7 Å². The van der Waals surface area contributed by atoms with Gasteiger partial charge in [-0.3, -0.25) is 4.79 Å². The molecule has 0 aliphatic carbocycles. The zero-order valence-corrected chi connectivity index (χ0v) is 12.0. The van der Waals surface area contributed by atoms with Crippen LogP contribution in [0.15, 0.2) is 18.2 Å². The number of hydrogen-bond donors (Lipinski definition) is 2. The van der Waals surface area contributed by atoms with E-state index in [9.17, 15) is 9.18 Å². The van der Waals surface area contributed by atoms with Gasteiger partial charge in [-0.15, -0.1) is 0 Å². The van der Waals surface area contributed by atoms with Crippen molar-refractivity contribution >= 4 is 23.2 Å². The summed E-state index contributed by atoms with van der Waals surface area (Å²) in [5.41, 5.74) is 0.401. The number of halogens is 2. The zero-order chi connectivity index (χ0) is 14.5. The minimum atomic E-state index is -0.548. The van der Waals surface area contributed by atoms with Crippen LogP contribution in [0.1, 0.15) is 13.3 Å². The fourth-order valence-corrected chi connectivity index (χ4v) is 2.27. The van der Waals surface area contributed by atoms with Crippen LogP contribution in [0.3, 0.4) is 0 Å². The SMILES string of the molecule is CCCNC1COCC1C(=O)Nc1ccc(Cl)c(F)c1. The maximum absolute atomic E-state index is 13.3. The van der Waals surface area contributed by atoms with Crippen molar-refractivity contribution in [2.24, 2.45) is 5.92 Å². The highest BCUT2D eigenvalue weighted by Crippen LogP contribution is 2.21. The maximum Gasteiger partial charge on any atom is 0.231 e. The number of hydrogen-bond acceptors (Lipinski definition) is 3. The predicted octanol–water partition coefficient (Wildman–Crippen LogP) is 2.43. The number of anilines is 1. The lowest BCUT2D eigenvalue weighted by molar-refractivity contribution is -0.120. The normalized spacial score (nSPS) is 21.9. The lowest BCUT2D eigenvalue weighted by Crippen LogP contribution is -2.41. The Morgan fingerprint density at radius 2 is 2.30 bits per heavy atom. The molecule has 2 unspecified atom stereocenters. The number of amides is 1. The fraction of sp³-hybridized carbons (Fsp3) is 0.500. The number of carbonyl (C=O) groups is 1. The van der Waals surface area contributed by atoms with Crippen LogP contribution in [0.5, 0.6) is 0 Å². The first-order valence-electron chi connectivity index (χ1n) is 6.69. The van der Waals surface area contributed by atoms with E-state index >= 15 is 0 Å². The molecule has 0 spiro atoms. The number of nitrogens with one attached hydrogen (secondary N) is 2. The van der Waals surface area contributed by atoms with Gasteiger partial charge in [0.15, 0.2) is 0 Å². The Hall–Kier alpha value is -1.17. The van der Waals surface area contributed by atoms with Gasteiger partial charge in [-0.2, -0.15) is 0 Å². The first-order chi connectivity index (χ1) is 9.61. The Bertz CT molecular complexity index is 484. The van der Waals surface area contributed by atoms with Crippen LogP contribution in [-0.4, -0.2) is 31.7 Å². The Kier molecular flexibility index (Phi) is 5.34. The minimum absolute atomic E-state index is 0.00657. The van der Waals surface area contributed by atoms with Gasteiger partial charge in [0.05, 0.1) is 24.2 Å². The molecular weight excluding hydrogens is 283 g/mol. The van der Waals surface area contributed by atoms with E-state index < -0.39 is 5.82 Å². The van der Waals surface area contributed by atoms with Gasteiger partial charge >= 0.3 is 0 Å². The highest BCUT2D eigenvalue weighted by atomic mass is 35.5. The van der Waals surface area contributed by atoms with Crippen molar-refractivity contribution in [1.29, 1.82) is 0 Å². The molecule has 1 aliphatic heterocycles. The molecule has 1 aromatic rings. The Labute approximate surface area is 122 Å². The highest BCUT2D eigenvalue weighted by molar-refractivity contribution is 6.30. The van der Waals surface area contributed by atoms with E-state index in [0.29, 0.717) is 18.9 Å². The molecule has 1 heterocycles. The molecule has 0 bridgehead atoms. The van der Waals surface area contributed by atoms with Crippen molar-refractivity contribution in [3.8, 4) is 0 Å². The third-order valence-corrected chi connectivity index (χ3v) is 3.57. The smallest absolute Gasteiger partial charge is 0.231 e. The number of ether oxygens (including phenoxy) is 1. The molecule has 1 saturated heterocycles. The Balaban J connectivity index is 1.98. The third-order valence-electron chi connectivity index (χ3n) is 3.26. The average molecular weight is 301 g/mol. The van der Waals surface area contributed by atoms with E-state index in [1.165, 1.54) is 12.1 Å². The fourth-order valence-electron chi connectivity index (χ4n) is 2.15. The van der Waals surface area contributed by atoms with E-state index in [4.69, 9.17) is 16.3 Å². The largest absolute Gasteiger partial charge is 0.379 e. The molecule has 1 aromatic carbocycles.